The molecule has 6 heteroatoms. The van der Waals surface area contributed by atoms with E-state index in [0.717, 1.165) is 44.8 Å². The maximum Gasteiger partial charge on any atom is 0.234 e. The van der Waals surface area contributed by atoms with Crippen molar-refractivity contribution >= 4 is 31.2 Å². The molecule has 1 aromatic rings. The number of thiol groups is 2. The highest BCUT2D eigenvalue weighted by Gasteiger charge is 2.09. The number of benzene rings is 1. The molecule has 4 nitrogen and oxygen atoms in total. The smallest absolute Gasteiger partial charge is 0.234 e. The molecule has 24 heavy (non-hydrogen) atoms. The van der Waals surface area contributed by atoms with E-state index in [4.69, 9.17) is 0 Å². The van der Waals surface area contributed by atoms with Gasteiger partial charge in [0.1, 0.15) is 0 Å². The molecule has 0 saturated carbocycles. The highest BCUT2D eigenvalue weighted by atomic mass is 32.1. The normalized spacial score (nSPS) is 11.2. The molecule has 1 amide bonds. The molecule has 0 aliphatic rings. The largest absolute Gasteiger partial charge is 0.354 e. The molecule has 0 spiro atoms. The first-order valence-corrected chi connectivity index (χ1v) is 9.85. The van der Waals surface area contributed by atoms with Crippen LogP contribution in [0.15, 0.2) is 30.3 Å². The topological polar surface area (TPSA) is 35.6 Å². The summed E-state index contributed by atoms with van der Waals surface area (Å²) in [6.07, 6.45) is 2.22. The van der Waals surface area contributed by atoms with E-state index in [1.807, 2.05) is 6.07 Å². The van der Waals surface area contributed by atoms with E-state index < -0.39 is 0 Å². The zero-order valence-electron chi connectivity index (χ0n) is 14.7. The first kappa shape index (κ1) is 21.4. The number of carbonyl (C=O) groups excluding carboxylic acids is 1. The molecule has 0 heterocycles. The predicted molar refractivity (Wildman–Crippen MR) is 109 cm³/mol. The van der Waals surface area contributed by atoms with Crippen molar-refractivity contribution in [3.05, 3.63) is 35.9 Å². The predicted octanol–water partition coefficient (Wildman–Crippen LogP) is 2.18. The Morgan fingerprint density at radius 2 is 1.75 bits per heavy atom. The molecule has 1 aromatic carbocycles. The van der Waals surface area contributed by atoms with E-state index in [1.165, 1.54) is 5.56 Å². The Labute approximate surface area is 157 Å². The second-order valence-corrected chi connectivity index (χ2v) is 6.90. The monoisotopic (exact) mass is 369 g/mol. The Morgan fingerprint density at radius 3 is 2.42 bits per heavy atom. The van der Waals surface area contributed by atoms with Crippen LogP contribution in [0.1, 0.15) is 18.4 Å². The molecule has 136 valence electrons. The highest BCUT2D eigenvalue weighted by molar-refractivity contribution is 7.80. The molecule has 0 atom stereocenters. The summed E-state index contributed by atoms with van der Waals surface area (Å²) in [5.74, 6) is 1.52. The van der Waals surface area contributed by atoms with E-state index in [-0.39, 0.29) is 5.91 Å². The van der Waals surface area contributed by atoms with Gasteiger partial charge in [-0.3, -0.25) is 9.69 Å². The SMILES string of the molecule is CN(CCCCN(CCS)CC(=O)NCCS)Cc1ccccc1. The van der Waals surface area contributed by atoms with Gasteiger partial charge >= 0.3 is 0 Å². The molecule has 1 N–H and O–H groups in total. The van der Waals surface area contributed by atoms with E-state index in [9.17, 15) is 4.79 Å². The van der Waals surface area contributed by atoms with Crippen LogP contribution in [0.2, 0.25) is 0 Å². The molecule has 0 saturated heterocycles. The highest BCUT2D eigenvalue weighted by Crippen LogP contribution is 2.04. The third-order valence-electron chi connectivity index (χ3n) is 3.78. The van der Waals surface area contributed by atoms with Crippen molar-refractivity contribution < 1.29 is 4.79 Å². The Balaban J connectivity index is 2.20. The van der Waals surface area contributed by atoms with Gasteiger partial charge in [0, 0.05) is 31.1 Å². The lowest BCUT2D eigenvalue weighted by Gasteiger charge is -2.22. The molecule has 0 aliphatic heterocycles. The van der Waals surface area contributed by atoms with Crippen LogP contribution in [-0.2, 0) is 11.3 Å². The molecule has 0 fully saturated rings. The number of carbonyl (C=O) groups is 1. The summed E-state index contributed by atoms with van der Waals surface area (Å²) in [6, 6.07) is 10.5. The fraction of sp³-hybridized carbons (Fsp3) is 0.611. The molecular formula is C18H31N3OS2. The maximum atomic E-state index is 11.8. The van der Waals surface area contributed by atoms with Gasteiger partial charge < -0.3 is 10.2 Å². The Morgan fingerprint density at radius 1 is 1.04 bits per heavy atom. The van der Waals surface area contributed by atoms with Crippen molar-refractivity contribution in [3.63, 3.8) is 0 Å². The van der Waals surface area contributed by atoms with E-state index in [2.05, 4.69) is 71.7 Å². The molecular weight excluding hydrogens is 338 g/mol. The summed E-state index contributed by atoms with van der Waals surface area (Å²) in [6.45, 7) is 4.91. The summed E-state index contributed by atoms with van der Waals surface area (Å²) in [7, 11) is 2.16. The number of hydrogen-bond acceptors (Lipinski definition) is 5. The fourth-order valence-electron chi connectivity index (χ4n) is 2.56. The van der Waals surface area contributed by atoms with E-state index in [0.29, 0.717) is 18.8 Å². The van der Waals surface area contributed by atoms with Crippen molar-refractivity contribution in [3.8, 4) is 0 Å². The summed E-state index contributed by atoms with van der Waals surface area (Å²) >= 11 is 8.40. The second kappa shape index (κ2) is 13.6. The van der Waals surface area contributed by atoms with Gasteiger partial charge in [0.25, 0.3) is 0 Å². The minimum Gasteiger partial charge on any atom is -0.354 e. The van der Waals surface area contributed by atoms with Crippen molar-refractivity contribution in [2.45, 2.75) is 19.4 Å². The van der Waals surface area contributed by atoms with Crippen molar-refractivity contribution in [2.24, 2.45) is 0 Å². The molecule has 0 aliphatic carbocycles. The standard InChI is InChI=1S/C18H31N3OS2/c1-20(15-17-7-3-2-4-8-17)10-5-6-11-21(12-14-24)16-18(22)19-9-13-23/h2-4,7-8,23-24H,5-6,9-16H2,1H3,(H,19,22). The van der Waals surface area contributed by atoms with Gasteiger partial charge in [-0.15, -0.1) is 0 Å². The van der Waals surface area contributed by atoms with Crippen LogP contribution in [0.25, 0.3) is 0 Å². The summed E-state index contributed by atoms with van der Waals surface area (Å²) in [5, 5.41) is 2.87. The Kier molecular flexibility index (Phi) is 12.1. The third-order valence-corrected chi connectivity index (χ3v) is 4.20. The van der Waals surface area contributed by atoms with E-state index >= 15 is 0 Å². The van der Waals surface area contributed by atoms with Gasteiger partial charge in [-0.2, -0.15) is 25.3 Å². The molecule has 0 unspecified atom stereocenters. The molecule has 1 rings (SSSR count). The summed E-state index contributed by atoms with van der Waals surface area (Å²) in [4.78, 5) is 16.3. The lowest BCUT2D eigenvalue weighted by molar-refractivity contribution is -0.122. The average molecular weight is 370 g/mol. The lowest BCUT2D eigenvalue weighted by atomic mass is 10.2. The number of rotatable bonds is 13. The molecule has 0 radical (unpaired) electrons. The zero-order valence-corrected chi connectivity index (χ0v) is 16.4. The molecule has 0 aromatic heterocycles. The Bertz CT molecular complexity index is 445. The van der Waals surface area contributed by atoms with Crippen molar-refractivity contribution in [1.82, 2.24) is 15.1 Å². The minimum absolute atomic E-state index is 0.0760. The van der Waals surface area contributed by atoms with Gasteiger partial charge in [-0.25, -0.2) is 0 Å². The third kappa shape index (κ3) is 10.2. The second-order valence-electron chi connectivity index (χ2n) is 6.00. The molecule has 0 bridgehead atoms. The van der Waals surface area contributed by atoms with Crippen LogP contribution >= 0.6 is 25.3 Å². The lowest BCUT2D eigenvalue weighted by Crippen LogP contribution is -2.39. The van der Waals surface area contributed by atoms with Crippen LogP contribution in [-0.4, -0.2) is 67.0 Å². The van der Waals surface area contributed by atoms with E-state index in [1.54, 1.807) is 0 Å². The van der Waals surface area contributed by atoms with Gasteiger partial charge in [-0.05, 0) is 38.5 Å². The van der Waals surface area contributed by atoms with Gasteiger partial charge in [0.2, 0.25) is 5.91 Å². The van der Waals surface area contributed by atoms with Gasteiger partial charge in [-0.1, -0.05) is 30.3 Å². The van der Waals surface area contributed by atoms with Crippen LogP contribution in [0.3, 0.4) is 0 Å². The summed E-state index contributed by atoms with van der Waals surface area (Å²) in [5.41, 5.74) is 1.34. The van der Waals surface area contributed by atoms with Crippen LogP contribution in [0.4, 0.5) is 0 Å². The van der Waals surface area contributed by atoms with Gasteiger partial charge in [0.05, 0.1) is 6.54 Å². The first-order chi connectivity index (χ1) is 11.7. The van der Waals surface area contributed by atoms with Crippen LogP contribution in [0.5, 0.6) is 0 Å². The maximum absolute atomic E-state index is 11.8. The fourth-order valence-corrected chi connectivity index (χ4v) is 2.95. The number of hydrogen-bond donors (Lipinski definition) is 3. The average Bonchev–Trinajstić information content (AvgIpc) is 2.58. The quantitative estimate of drug-likeness (QED) is 0.368. The summed E-state index contributed by atoms with van der Waals surface area (Å²) < 4.78 is 0. The number of amides is 1. The van der Waals surface area contributed by atoms with Crippen molar-refractivity contribution in [1.29, 1.82) is 0 Å². The zero-order chi connectivity index (χ0) is 17.6. The number of nitrogens with zero attached hydrogens (tertiary/aromatic N) is 2. The number of unbranched alkanes of at least 4 members (excludes halogenated alkanes) is 1. The van der Waals surface area contributed by atoms with Crippen LogP contribution in [0, 0.1) is 0 Å². The Hall–Kier alpha value is -0.690. The van der Waals surface area contributed by atoms with Crippen molar-refractivity contribution in [2.75, 3.05) is 51.3 Å². The van der Waals surface area contributed by atoms with Crippen LogP contribution < -0.4 is 5.32 Å². The minimum atomic E-state index is 0.0760. The van der Waals surface area contributed by atoms with Gasteiger partial charge in [0.15, 0.2) is 0 Å². The number of nitrogens with one attached hydrogen (secondary N) is 1. The first-order valence-electron chi connectivity index (χ1n) is 8.59.